The van der Waals surface area contributed by atoms with Gasteiger partial charge in [-0.25, -0.2) is 0 Å². The highest BCUT2D eigenvalue weighted by molar-refractivity contribution is 5.85. The van der Waals surface area contributed by atoms with Crippen molar-refractivity contribution in [3.8, 4) is 0 Å². The predicted octanol–water partition coefficient (Wildman–Crippen LogP) is 2.66. The Hall–Kier alpha value is -1.39. The molecule has 0 saturated heterocycles. The molecular formula is C15H26O5. The van der Waals surface area contributed by atoms with Crippen LogP contribution >= 0.6 is 0 Å². The van der Waals surface area contributed by atoms with Gasteiger partial charge in [0.15, 0.2) is 0 Å². The molecule has 0 aromatic rings. The third-order valence-corrected chi connectivity index (χ3v) is 2.93. The SMILES string of the molecule is CCC(=O)C(C)(C)[C@@H](CC(=O)OC(C)(C)C)OC(C)=O. The van der Waals surface area contributed by atoms with Crippen LogP contribution in [0.4, 0.5) is 0 Å². The molecular weight excluding hydrogens is 260 g/mol. The number of hydrogen-bond donors (Lipinski definition) is 0. The summed E-state index contributed by atoms with van der Waals surface area (Å²) in [7, 11) is 0. The molecule has 5 heteroatoms. The van der Waals surface area contributed by atoms with Crippen molar-refractivity contribution in [1.82, 2.24) is 0 Å². The number of rotatable bonds is 6. The summed E-state index contributed by atoms with van der Waals surface area (Å²) in [5.74, 6) is -1.07. The number of Topliss-reactive ketones (excluding diaryl/α,β-unsaturated/α-hetero) is 1. The molecule has 0 aliphatic carbocycles. The van der Waals surface area contributed by atoms with Crippen molar-refractivity contribution in [2.75, 3.05) is 0 Å². The summed E-state index contributed by atoms with van der Waals surface area (Å²) < 4.78 is 10.4. The number of esters is 2. The minimum atomic E-state index is -0.919. The number of hydrogen-bond acceptors (Lipinski definition) is 5. The quantitative estimate of drug-likeness (QED) is 0.702. The molecule has 1 atom stereocenters. The molecule has 20 heavy (non-hydrogen) atoms. The van der Waals surface area contributed by atoms with Crippen molar-refractivity contribution in [1.29, 1.82) is 0 Å². The summed E-state index contributed by atoms with van der Waals surface area (Å²) in [5, 5.41) is 0. The molecule has 0 aromatic carbocycles. The second kappa shape index (κ2) is 6.86. The van der Waals surface area contributed by atoms with Gasteiger partial charge in [-0.15, -0.1) is 0 Å². The van der Waals surface area contributed by atoms with Crippen LogP contribution in [0.25, 0.3) is 0 Å². The van der Waals surface area contributed by atoms with Gasteiger partial charge in [0, 0.05) is 13.3 Å². The van der Waals surface area contributed by atoms with E-state index >= 15 is 0 Å². The summed E-state index contributed by atoms with van der Waals surface area (Å²) in [5.41, 5.74) is -1.53. The van der Waals surface area contributed by atoms with Crippen LogP contribution in [0.15, 0.2) is 0 Å². The molecule has 0 radical (unpaired) electrons. The monoisotopic (exact) mass is 286 g/mol. The van der Waals surface area contributed by atoms with Crippen molar-refractivity contribution in [3.63, 3.8) is 0 Å². The van der Waals surface area contributed by atoms with Crippen molar-refractivity contribution in [2.45, 2.75) is 73.0 Å². The smallest absolute Gasteiger partial charge is 0.310 e. The minimum absolute atomic E-state index is 0.0627. The van der Waals surface area contributed by atoms with E-state index in [1.54, 1.807) is 41.5 Å². The van der Waals surface area contributed by atoms with Gasteiger partial charge < -0.3 is 9.47 Å². The number of carbonyl (C=O) groups excluding carboxylic acids is 3. The minimum Gasteiger partial charge on any atom is -0.461 e. The molecule has 0 spiro atoms. The number of carbonyl (C=O) groups is 3. The third-order valence-electron chi connectivity index (χ3n) is 2.93. The van der Waals surface area contributed by atoms with Gasteiger partial charge in [0.05, 0.1) is 11.8 Å². The maximum atomic E-state index is 12.0. The summed E-state index contributed by atoms with van der Waals surface area (Å²) in [6.07, 6.45) is -0.628. The Morgan fingerprint density at radius 1 is 1.05 bits per heavy atom. The largest absolute Gasteiger partial charge is 0.461 e. The fourth-order valence-corrected chi connectivity index (χ4v) is 1.81. The van der Waals surface area contributed by atoms with Crippen molar-refractivity contribution < 1.29 is 23.9 Å². The zero-order valence-electron chi connectivity index (χ0n) is 13.5. The fraction of sp³-hybridized carbons (Fsp3) is 0.800. The van der Waals surface area contributed by atoms with Crippen LogP contribution in [-0.4, -0.2) is 29.4 Å². The highest BCUT2D eigenvalue weighted by Crippen LogP contribution is 2.29. The average Bonchev–Trinajstić information content (AvgIpc) is 2.23. The maximum Gasteiger partial charge on any atom is 0.310 e. The molecule has 116 valence electrons. The summed E-state index contributed by atoms with van der Waals surface area (Å²) in [4.78, 5) is 35.1. The summed E-state index contributed by atoms with van der Waals surface area (Å²) in [6, 6.07) is 0. The normalized spacial score (nSPS) is 13.6. The number of ketones is 1. The van der Waals surface area contributed by atoms with Crippen LogP contribution in [0.2, 0.25) is 0 Å². The first-order chi connectivity index (χ1) is 8.90. The van der Waals surface area contributed by atoms with E-state index in [0.717, 1.165) is 0 Å². The average molecular weight is 286 g/mol. The molecule has 0 aliphatic rings. The van der Waals surface area contributed by atoms with Crippen LogP contribution < -0.4 is 0 Å². The van der Waals surface area contributed by atoms with E-state index in [4.69, 9.17) is 9.47 Å². The van der Waals surface area contributed by atoms with E-state index in [-0.39, 0.29) is 12.2 Å². The van der Waals surface area contributed by atoms with Crippen LogP contribution in [0, 0.1) is 5.41 Å². The van der Waals surface area contributed by atoms with E-state index in [1.165, 1.54) is 6.92 Å². The first kappa shape index (κ1) is 18.6. The first-order valence-corrected chi connectivity index (χ1v) is 6.82. The Morgan fingerprint density at radius 3 is 1.90 bits per heavy atom. The highest BCUT2D eigenvalue weighted by Gasteiger charge is 2.40. The lowest BCUT2D eigenvalue weighted by atomic mass is 9.79. The molecule has 0 aromatic heterocycles. The summed E-state index contributed by atoms with van der Waals surface area (Å²) >= 11 is 0. The van der Waals surface area contributed by atoms with Crippen LogP contribution in [-0.2, 0) is 23.9 Å². The molecule has 0 unspecified atom stereocenters. The van der Waals surface area contributed by atoms with E-state index in [0.29, 0.717) is 6.42 Å². The van der Waals surface area contributed by atoms with Crippen LogP contribution in [0.3, 0.4) is 0 Å². The lowest BCUT2D eigenvalue weighted by Crippen LogP contribution is -2.42. The Kier molecular flexibility index (Phi) is 6.38. The Morgan fingerprint density at radius 2 is 1.55 bits per heavy atom. The standard InChI is InChI=1S/C15H26O5/c1-8-11(17)15(6,7)12(19-10(2)16)9-13(18)20-14(3,4)5/h12H,8-9H2,1-7H3/t12-/m1/s1. The fourth-order valence-electron chi connectivity index (χ4n) is 1.81. The number of ether oxygens (including phenoxy) is 2. The van der Waals surface area contributed by atoms with E-state index in [9.17, 15) is 14.4 Å². The van der Waals surface area contributed by atoms with Crippen molar-refractivity contribution in [2.24, 2.45) is 5.41 Å². The van der Waals surface area contributed by atoms with Crippen LogP contribution in [0.1, 0.15) is 61.3 Å². The van der Waals surface area contributed by atoms with Gasteiger partial charge in [0.2, 0.25) is 0 Å². The van der Waals surface area contributed by atoms with Gasteiger partial charge in [-0.3, -0.25) is 14.4 Å². The molecule has 0 aliphatic heterocycles. The van der Waals surface area contributed by atoms with E-state index < -0.39 is 29.1 Å². The van der Waals surface area contributed by atoms with Gasteiger partial charge in [-0.05, 0) is 34.6 Å². The van der Waals surface area contributed by atoms with E-state index in [2.05, 4.69) is 0 Å². The second-order valence-corrected chi connectivity index (χ2v) is 6.39. The zero-order valence-corrected chi connectivity index (χ0v) is 13.5. The van der Waals surface area contributed by atoms with Gasteiger partial charge in [-0.1, -0.05) is 6.92 Å². The van der Waals surface area contributed by atoms with Crippen molar-refractivity contribution in [3.05, 3.63) is 0 Å². The molecule has 0 amide bonds. The Labute approximate surface area is 121 Å². The molecule has 0 fully saturated rings. The van der Waals surface area contributed by atoms with Gasteiger partial charge in [-0.2, -0.15) is 0 Å². The van der Waals surface area contributed by atoms with Crippen LogP contribution in [0.5, 0.6) is 0 Å². The zero-order chi connectivity index (χ0) is 16.1. The Bertz CT molecular complexity index is 376. The topological polar surface area (TPSA) is 69.7 Å². The maximum absolute atomic E-state index is 12.0. The second-order valence-electron chi connectivity index (χ2n) is 6.39. The van der Waals surface area contributed by atoms with Gasteiger partial charge in [0.1, 0.15) is 17.5 Å². The van der Waals surface area contributed by atoms with E-state index in [1.807, 2.05) is 0 Å². The van der Waals surface area contributed by atoms with Gasteiger partial charge >= 0.3 is 11.9 Å². The summed E-state index contributed by atoms with van der Waals surface area (Å²) in [6.45, 7) is 11.6. The van der Waals surface area contributed by atoms with Crippen molar-refractivity contribution >= 4 is 17.7 Å². The highest BCUT2D eigenvalue weighted by atomic mass is 16.6. The molecule has 5 nitrogen and oxygen atoms in total. The lowest BCUT2D eigenvalue weighted by molar-refractivity contribution is -0.167. The van der Waals surface area contributed by atoms with Gasteiger partial charge in [0.25, 0.3) is 0 Å². The molecule has 0 saturated carbocycles. The third kappa shape index (κ3) is 6.17. The predicted molar refractivity (Wildman–Crippen MR) is 75.1 cm³/mol. The lowest BCUT2D eigenvalue weighted by Gasteiger charge is -2.32. The molecule has 0 bridgehead atoms. The molecule has 0 heterocycles. The molecule has 0 rings (SSSR count). The Balaban J connectivity index is 5.04. The molecule has 0 N–H and O–H groups in total. The first-order valence-electron chi connectivity index (χ1n) is 6.82.